The Bertz CT molecular complexity index is 629. The van der Waals surface area contributed by atoms with E-state index in [1.807, 2.05) is 56.3 Å². The Kier molecular flexibility index (Phi) is 2.75. The molecule has 3 nitrogen and oxygen atoms in total. The maximum atomic E-state index is 12.3. The average Bonchev–Trinajstić information content (AvgIpc) is 2.41. The van der Waals surface area contributed by atoms with Crippen LogP contribution in [0.25, 0.3) is 0 Å². The summed E-state index contributed by atoms with van der Waals surface area (Å²) in [5.41, 5.74) is 3.95. The monoisotopic (exact) mass is 253 g/mol. The highest BCUT2D eigenvalue weighted by atomic mass is 16.5. The van der Waals surface area contributed by atoms with E-state index in [2.05, 4.69) is 0 Å². The number of carbonyl (C=O) groups is 1. The van der Waals surface area contributed by atoms with E-state index in [9.17, 15) is 4.79 Å². The molecule has 0 saturated heterocycles. The number of anilines is 2. The van der Waals surface area contributed by atoms with Crippen LogP contribution in [0.5, 0.6) is 5.75 Å². The molecule has 2 aromatic rings. The van der Waals surface area contributed by atoms with E-state index in [1.54, 1.807) is 4.90 Å². The molecule has 2 aromatic carbocycles. The first-order chi connectivity index (χ1) is 9.18. The number of para-hydroxylation sites is 3. The summed E-state index contributed by atoms with van der Waals surface area (Å²) >= 11 is 0. The highest BCUT2D eigenvalue weighted by molar-refractivity contribution is 6.05. The van der Waals surface area contributed by atoms with Gasteiger partial charge in [0, 0.05) is 0 Å². The van der Waals surface area contributed by atoms with E-state index in [1.165, 1.54) is 0 Å². The molecule has 0 N–H and O–H groups in total. The second-order valence-corrected chi connectivity index (χ2v) is 4.73. The summed E-state index contributed by atoms with van der Waals surface area (Å²) in [6.07, 6.45) is 0. The molecule has 0 spiro atoms. The zero-order chi connectivity index (χ0) is 13.4. The zero-order valence-electron chi connectivity index (χ0n) is 11.0. The van der Waals surface area contributed by atoms with E-state index in [-0.39, 0.29) is 12.5 Å². The largest absolute Gasteiger partial charge is 0.482 e. The maximum Gasteiger partial charge on any atom is 0.269 e. The maximum absolute atomic E-state index is 12.3. The van der Waals surface area contributed by atoms with Crippen LogP contribution in [0.15, 0.2) is 42.5 Å². The predicted molar refractivity (Wildman–Crippen MR) is 75.0 cm³/mol. The normalized spacial score (nSPS) is 14.0. The van der Waals surface area contributed by atoms with Gasteiger partial charge in [-0.3, -0.25) is 9.69 Å². The number of fused-ring (bicyclic) bond motifs is 1. The third-order valence-corrected chi connectivity index (χ3v) is 3.37. The van der Waals surface area contributed by atoms with Gasteiger partial charge in [-0.15, -0.1) is 0 Å². The first-order valence-corrected chi connectivity index (χ1v) is 6.29. The SMILES string of the molecule is Cc1cccc(C)c1N1C(=O)COc2ccccc21. The second kappa shape index (κ2) is 4.43. The Hall–Kier alpha value is -2.29. The quantitative estimate of drug-likeness (QED) is 0.780. The van der Waals surface area contributed by atoms with E-state index >= 15 is 0 Å². The number of aryl methyl sites for hydroxylation is 2. The lowest BCUT2D eigenvalue weighted by Crippen LogP contribution is -2.35. The van der Waals surface area contributed by atoms with Crippen molar-refractivity contribution in [3.63, 3.8) is 0 Å². The van der Waals surface area contributed by atoms with Gasteiger partial charge in [0.1, 0.15) is 5.75 Å². The van der Waals surface area contributed by atoms with Gasteiger partial charge in [-0.2, -0.15) is 0 Å². The van der Waals surface area contributed by atoms with Crippen molar-refractivity contribution in [2.24, 2.45) is 0 Å². The molecular weight excluding hydrogens is 238 g/mol. The highest BCUT2D eigenvalue weighted by Crippen LogP contribution is 2.39. The number of hydrogen-bond acceptors (Lipinski definition) is 2. The van der Waals surface area contributed by atoms with Crippen LogP contribution >= 0.6 is 0 Å². The van der Waals surface area contributed by atoms with E-state index in [0.29, 0.717) is 0 Å². The fourth-order valence-corrected chi connectivity index (χ4v) is 2.51. The fourth-order valence-electron chi connectivity index (χ4n) is 2.51. The molecule has 1 aliphatic heterocycles. The minimum atomic E-state index is -0.0314. The Labute approximate surface area is 112 Å². The third kappa shape index (κ3) is 1.87. The van der Waals surface area contributed by atoms with Crippen molar-refractivity contribution in [2.45, 2.75) is 13.8 Å². The molecule has 0 unspecified atom stereocenters. The van der Waals surface area contributed by atoms with E-state index in [0.717, 1.165) is 28.3 Å². The Balaban J connectivity index is 2.22. The summed E-state index contributed by atoms with van der Waals surface area (Å²) in [7, 11) is 0. The predicted octanol–water partition coefficient (Wildman–Crippen LogP) is 3.36. The molecule has 0 aliphatic carbocycles. The Morgan fingerprint density at radius 2 is 1.68 bits per heavy atom. The van der Waals surface area contributed by atoms with E-state index in [4.69, 9.17) is 4.74 Å². The lowest BCUT2D eigenvalue weighted by molar-refractivity contribution is -0.120. The molecule has 0 atom stereocenters. The topological polar surface area (TPSA) is 29.5 Å². The minimum Gasteiger partial charge on any atom is -0.482 e. The van der Waals surface area contributed by atoms with Crippen molar-refractivity contribution in [2.75, 3.05) is 11.5 Å². The number of rotatable bonds is 1. The molecule has 0 saturated carbocycles. The van der Waals surface area contributed by atoms with Crippen LogP contribution in [0.2, 0.25) is 0 Å². The smallest absolute Gasteiger partial charge is 0.269 e. The Morgan fingerprint density at radius 1 is 1.00 bits per heavy atom. The van der Waals surface area contributed by atoms with Gasteiger partial charge in [-0.25, -0.2) is 0 Å². The van der Waals surface area contributed by atoms with Gasteiger partial charge < -0.3 is 4.74 Å². The lowest BCUT2D eigenvalue weighted by Gasteiger charge is -2.31. The van der Waals surface area contributed by atoms with Gasteiger partial charge in [0.15, 0.2) is 6.61 Å². The second-order valence-electron chi connectivity index (χ2n) is 4.73. The number of amides is 1. The molecule has 0 bridgehead atoms. The summed E-state index contributed by atoms with van der Waals surface area (Å²) in [5, 5.41) is 0. The van der Waals surface area contributed by atoms with Crippen LogP contribution in [0.4, 0.5) is 11.4 Å². The molecule has 0 fully saturated rings. The summed E-state index contributed by atoms with van der Waals surface area (Å²) in [6.45, 7) is 4.13. The average molecular weight is 253 g/mol. The van der Waals surface area contributed by atoms with Crippen molar-refractivity contribution >= 4 is 17.3 Å². The molecular formula is C16H15NO2. The van der Waals surface area contributed by atoms with Gasteiger partial charge in [0.05, 0.1) is 11.4 Å². The first-order valence-electron chi connectivity index (χ1n) is 6.29. The fraction of sp³-hybridized carbons (Fsp3) is 0.188. The number of ether oxygens (including phenoxy) is 1. The molecule has 3 rings (SSSR count). The van der Waals surface area contributed by atoms with Crippen molar-refractivity contribution < 1.29 is 9.53 Å². The van der Waals surface area contributed by atoms with Gasteiger partial charge >= 0.3 is 0 Å². The summed E-state index contributed by atoms with van der Waals surface area (Å²) in [5.74, 6) is 0.723. The molecule has 19 heavy (non-hydrogen) atoms. The van der Waals surface area contributed by atoms with Crippen LogP contribution < -0.4 is 9.64 Å². The van der Waals surface area contributed by atoms with Crippen LogP contribution in [-0.2, 0) is 4.79 Å². The van der Waals surface area contributed by atoms with Gasteiger partial charge in [0.25, 0.3) is 5.91 Å². The minimum absolute atomic E-state index is 0.0314. The highest BCUT2D eigenvalue weighted by Gasteiger charge is 2.28. The molecule has 3 heteroatoms. The molecule has 1 aliphatic rings. The van der Waals surface area contributed by atoms with Crippen molar-refractivity contribution in [1.82, 2.24) is 0 Å². The number of nitrogens with zero attached hydrogens (tertiary/aromatic N) is 1. The standard InChI is InChI=1S/C16H15NO2/c1-11-6-5-7-12(2)16(11)17-13-8-3-4-9-14(13)19-10-15(17)18/h3-9H,10H2,1-2H3. The number of hydrogen-bond donors (Lipinski definition) is 0. The van der Waals surface area contributed by atoms with Crippen molar-refractivity contribution in [3.8, 4) is 5.75 Å². The number of carbonyl (C=O) groups excluding carboxylic acids is 1. The van der Waals surface area contributed by atoms with Gasteiger partial charge in [0.2, 0.25) is 0 Å². The van der Waals surface area contributed by atoms with Gasteiger partial charge in [-0.1, -0.05) is 30.3 Å². The van der Waals surface area contributed by atoms with Crippen molar-refractivity contribution in [1.29, 1.82) is 0 Å². The van der Waals surface area contributed by atoms with Crippen LogP contribution in [0.1, 0.15) is 11.1 Å². The summed E-state index contributed by atoms with van der Waals surface area (Å²) in [4.78, 5) is 14.0. The van der Waals surface area contributed by atoms with Crippen molar-refractivity contribution in [3.05, 3.63) is 53.6 Å². The molecule has 0 aromatic heterocycles. The summed E-state index contributed by atoms with van der Waals surface area (Å²) < 4.78 is 5.48. The molecule has 0 radical (unpaired) electrons. The van der Waals surface area contributed by atoms with Crippen LogP contribution in [0.3, 0.4) is 0 Å². The zero-order valence-corrected chi connectivity index (χ0v) is 11.0. The lowest BCUT2D eigenvalue weighted by atomic mass is 10.1. The third-order valence-electron chi connectivity index (χ3n) is 3.37. The van der Waals surface area contributed by atoms with Crippen LogP contribution in [-0.4, -0.2) is 12.5 Å². The van der Waals surface area contributed by atoms with E-state index < -0.39 is 0 Å². The van der Waals surface area contributed by atoms with Crippen LogP contribution in [0, 0.1) is 13.8 Å². The van der Waals surface area contributed by atoms with Gasteiger partial charge in [-0.05, 0) is 37.1 Å². The summed E-state index contributed by atoms with van der Waals surface area (Å²) in [6, 6.07) is 13.7. The molecule has 1 heterocycles. The first kappa shape index (κ1) is 11.8. The molecule has 1 amide bonds. The number of benzene rings is 2. The molecule has 96 valence electrons. The Morgan fingerprint density at radius 3 is 2.42 bits per heavy atom.